The third-order valence-corrected chi connectivity index (χ3v) is 10.9. The van der Waals surface area contributed by atoms with Crippen LogP contribution in [0.5, 0.6) is 0 Å². The number of hydrogen-bond acceptors (Lipinski definition) is 12. The van der Waals surface area contributed by atoms with Crippen molar-refractivity contribution in [3.05, 3.63) is 82.9 Å². The van der Waals surface area contributed by atoms with Crippen LogP contribution >= 0.6 is 46.2 Å². The first-order chi connectivity index (χ1) is 19.3. The fraction of sp³-hybridized carbons (Fsp3) is 0. The number of fused-ring (bicyclic) bond motifs is 4. The summed E-state index contributed by atoms with van der Waals surface area (Å²) in [6.07, 6.45) is 0. The molecule has 0 bridgehead atoms. The lowest BCUT2D eigenvalue weighted by molar-refractivity contribution is 0.0981. The van der Waals surface area contributed by atoms with Crippen molar-refractivity contribution in [2.45, 2.75) is 18.5 Å². The van der Waals surface area contributed by atoms with Gasteiger partial charge in [-0.3, -0.25) is 9.59 Å². The first-order valence-corrected chi connectivity index (χ1v) is 15.2. The van der Waals surface area contributed by atoms with Crippen molar-refractivity contribution >= 4 is 101 Å². The van der Waals surface area contributed by atoms with E-state index in [0.717, 1.165) is 29.1 Å². The Hall–Kier alpha value is -4.10. The van der Waals surface area contributed by atoms with Gasteiger partial charge in [0.05, 0.1) is 54.1 Å². The molecule has 196 valence electrons. The maximum Gasteiger partial charge on any atom is 0.198 e. The number of nitrogen functional groups attached to an aromatic ring is 4. The van der Waals surface area contributed by atoms with E-state index in [2.05, 4.69) is 9.97 Å². The van der Waals surface area contributed by atoms with Gasteiger partial charge in [0.25, 0.3) is 0 Å². The molecule has 6 aromatic rings. The Morgan fingerprint density at radius 2 is 0.975 bits per heavy atom. The number of carbonyl (C=O) groups is 2. The molecular formula is C28H18N6O2S4. The summed E-state index contributed by atoms with van der Waals surface area (Å²) < 4.78 is 3.53. The van der Waals surface area contributed by atoms with Crippen LogP contribution in [-0.4, -0.2) is 21.5 Å². The molecule has 1 aliphatic carbocycles. The van der Waals surface area contributed by atoms with Gasteiger partial charge in [-0.05, 0) is 36.4 Å². The highest BCUT2D eigenvalue weighted by Gasteiger charge is 2.38. The molecule has 0 atom stereocenters. The molecule has 2 aromatic heterocycles. The van der Waals surface area contributed by atoms with Gasteiger partial charge in [-0.1, -0.05) is 47.8 Å². The standard InChI is InChI=1S/C28H18N6O2S4/c29-11-9-17(39-27-33-13-5-1-3-7-15(13)37-27)23(31)21-19(11)26(36)22-20(25(21)35)12(30)10-18(24(22)32)40-28-34-14-6-2-4-8-16(14)38-28/h1-10H,29-32H2. The fourth-order valence-corrected chi connectivity index (χ4v) is 9.01. The summed E-state index contributed by atoms with van der Waals surface area (Å²) in [4.78, 5) is 38.1. The largest absolute Gasteiger partial charge is 0.398 e. The molecule has 7 rings (SSSR count). The minimum absolute atomic E-state index is 0.0388. The molecule has 2 heterocycles. The Kier molecular flexibility index (Phi) is 5.75. The van der Waals surface area contributed by atoms with Gasteiger partial charge in [0.15, 0.2) is 20.2 Å². The summed E-state index contributed by atoms with van der Waals surface area (Å²) >= 11 is 5.60. The van der Waals surface area contributed by atoms with Crippen LogP contribution < -0.4 is 22.9 Å². The van der Waals surface area contributed by atoms with Crippen molar-refractivity contribution in [1.29, 1.82) is 0 Å². The third kappa shape index (κ3) is 3.83. The van der Waals surface area contributed by atoms with E-state index in [4.69, 9.17) is 22.9 Å². The monoisotopic (exact) mass is 598 g/mol. The summed E-state index contributed by atoms with van der Waals surface area (Å²) in [5, 5.41) is 0. The van der Waals surface area contributed by atoms with E-state index in [9.17, 15) is 9.59 Å². The summed E-state index contributed by atoms with van der Waals surface area (Å²) in [6, 6.07) is 18.8. The Balaban J connectivity index is 1.31. The molecule has 0 spiro atoms. The number of nitrogens with zero attached hydrogens (tertiary/aromatic N) is 2. The molecule has 1 aliphatic rings. The average Bonchev–Trinajstić information content (AvgIpc) is 3.53. The predicted octanol–water partition coefficient (Wildman–Crippen LogP) is 6.31. The molecule has 0 aliphatic heterocycles. The maximum absolute atomic E-state index is 13.9. The van der Waals surface area contributed by atoms with Crippen molar-refractivity contribution in [2.75, 3.05) is 22.9 Å². The quantitative estimate of drug-likeness (QED) is 0.169. The normalized spacial score (nSPS) is 12.7. The lowest BCUT2D eigenvalue weighted by atomic mass is 9.81. The van der Waals surface area contributed by atoms with Crippen LogP contribution in [0.1, 0.15) is 31.8 Å². The number of para-hydroxylation sites is 2. The van der Waals surface area contributed by atoms with Crippen molar-refractivity contribution in [2.24, 2.45) is 0 Å². The molecule has 8 N–H and O–H groups in total. The zero-order chi connectivity index (χ0) is 27.7. The number of hydrogen-bond donors (Lipinski definition) is 4. The smallest absolute Gasteiger partial charge is 0.198 e. The van der Waals surface area contributed by atoms with E-state index in [1.54, 1.807) is 12.1 Å². The summed E-state index contributed by atoms with van der Waals surface area (Å²) in [6.45, 7) is 0. The fourth-order valence-electron chi connectivity index (χ4n) is 4.74. The topological polar surface area (TPSA) is 164 Å². The van der Waals surface area contributed by atoms with Crippen LogP contribution in [-0.2, 0) is 0 Å². The van der Waals surface area contributed by atoms with E-state index < -0.39 is 11.6 Å². The minimum Gasteiger partial charge on any atom is -0.398 e. The van der Waals surface area contributed by atoms with Gasteiger partial charge in [0.1, 0.15) is 0 Å². The van der Waals surface area contributed by atoms with E-state index in [1.165, 1.54) is 46.2 Å². The number of nitrogens with two attached hydrogens (primary N) is 4. The zero-order valence-corrected chi connectivity index (χ0v) is 23.7. The molecule has 12 heteroatoms. The van der Waals surface area contributed by atoms with E-state index in [1.807, 2.05) is 48.5 Å². The van der Waals surface area contributed by atoms with Crippen LogP contribution in [0.25, 0.3) is 20.4 Å². The van der Waals surface area contributed by atoms with Gasteiger partial charge >= 0.3 is 0 Å². The number of benzene rings is 4. The first kappa shape index (κ1) is 24.9. The Bertz CT molecular complexity index is 1850. The van der Waals surface area contributed by atoms with Crippen LogP contribution in [0, 0.1) is 0 Å². The molecule has 0 saturated heterocycles. The predicted molar refractivity (Wildman–Crippen MR) is 165 cm³/mol. The molecule has 0 fully saturated rings. The van der Waals surface area contributed by atoms with Crippen molar-refractivity contribution in [3.63, 3.8) is 0 Å². The molecule has 4 aromatic carbocycles. The Morgan fingerprint density at radius 1 is 0.575 bits per heavy atom. The van der Waals surface area contributed by atoms with Crippen molar-refractivity contribution in [3.8, 4) is 0 Å². The molecule has 0 saturated carbocycles. The highest BCUT2D eigenvalue weighted by atomic mass is 32.2. The van der Waals surface area contributed by atoms with Gasteiger partial charge in [0, 0.05) is 21.2 Å². The number of anilines is 4. The van der Waals surface area contributed by atoms with Crippen LogP contribution in [0.2, 0.25) is 0 Å². The molecule has 0 unspecified atom stereocenters. The SMILES string of the molecule is Nc1cc(Sc2nc3ccccc3s2)c(N)c2c1C(=O)c1c(N)c(Sc3nc4ccccc4s3)cc(N)c1C2=O. The van der Waals surface area contributed by atoms with Gasteiger partial charge in [-0.15, -0.1) is 22.7 Å². The second kappa shape index (κ2) is 9.24. The van der Waals surface area contributed by atoms with Crippen LogP contribution in [0.15, 0.2) is 79.1 Å². The second-order valence-corrected chi connectivity index (χ2v) is 13.7. The van der Waals surface area contributed by atoms with Crippen molar-refractivity contribution < 1.29 is 9.59 Å². The summed E-state index contributed by atoms with van der Waals surface area (Å²) in [5.74, 6) is -0.970. The maximum atomic E-state index is 13.9. The van der Waals surface area contributed by atoms with Gasteiger partial charge in [-0.25, -0.2) is 9.97 Å². The number of rotatable bonds is 4. The van der Waals surface area contributed by atoms with Crippen LogP contribution in [0.3, 0.4) is 0 Å². The van der Waals surface area contributed by atoms with E-state index in [-0.39, 0.29) is 45.0 Å². The van der Waals surface area contributed by atoms with Gasteiger partial charge < -0.3 is 22.9 Å². The average molecular weight is 599 g/mol. The second-order valence-electron chi connectivity index (χ2n) is 9.01. The molecule has 40 heavy (non-hydrogen) atoms. The number of thiazole rings is 2. The zero-order valence-electron chi connectivity index (χ0n) is 20.4. The molecule has 0 amide bonds. The molecule has 0 radical (unpaired) electrons. The Labute approximate surface area is 243 Å². The lowest BCUT2D eigenvalue weighted by Crippen LogP contribution is -2.27. The molecular weight excluding hydrogens is 581 g/mol. The lowest BCUT2D eigenvalue weighted by Gasteiger charge is -2.25. The van der Waals surface area contributed by atoms with E-state index in [0.29, 0.717) is 9.79 Å². The Morgan fingerprint density at radius 3 is 1.38 bits per heavy atom. The minimum atomic E-state index is -0.485. The van der Waals surface area contributed by atoms with E-state index >= 15 is 0 Å². The van der Waals surface area contributed by atoms with Gasteiger partial charge in [-0.2, -0.15) is 0 Å². The summed E-state index contributed by atoms with van der Waals surface area (Å²) in [7, 11) is 0. The number of carbonyl (C=O) groups excluding carboxylic acids is 2. The third-order valence-electron chi connectivity index (χ3n) is 6.57. The molecule has 8 nitrogen and oxygen atoms in total. The highest BCUT2D eigenvalue weighted by Crippen LogP contribution is 2.47. The van der Waals surface area contributed by atoms with Gasteiger partial charge in [0.2, 0.25) is 0 Å². The number of ketones is 2. The summed E-state index contributed by atoms with van der Waals surface area (Å²) in [5.41, 5.74) is 28.3. The van der Waals surface area contributed by atoms with Crippen LogP contribution in [0.4, 0.5) is 22.7 Å². The first-order valence-electron chi connectivity index (χ1n) is 11.9. The highest BCUT2D eigenvalue weighted by molar-refractivity contribution is 8.01. The van der Waals surface area contributed by atoms with Crippen molar-refractivity contribution in [1.82, 2.24) is 9.97 Å². The number of aromatic nitrogens is 2.